The van der Waals surface area contributed by atoms with Crippen molar-refractivity contribution in [2.75, 3.05) is 0 Å². The molecule has 1 aliphatic carbocycles. The highest BCUT2D eigenvalue weighted by Gasteiger charge is 2.21. The molecule has 8 aromatic rings. The molecule has 1 atom stereocenters. The van der Waals surface area contributed by atoms with Crippen LogP contribution in [0.4, 0.5) is 0 Å². The second-order valence-electron chi connectivity index (χ2n) is 12.5. The van der Waals surface area contributed by atoms with Gasteiger partial charge in [-0.3, -0.25) is 9.97 Å². The van der Waals surface area contributed by atoms with Crippen molar-refractivity contribution in [3.63, 3.8) is 0 Å². The Morgan fingerprint density at radius 3 is 2.00 bits per heavy atom. The van der Waals surface area contributed by atoms with Gasteiger partial charge < -0.3 is 4.57 Å². The second-order valence-corrected chi connectivity index (χ2v) is 12.5. The number of aromatic nitrogens is 7. The maximum atomic E-state index is 5.09. The predicted octanol–water partition coefficient (Wildman–Crippen LogP) is 9.80. The van der Waals surface area contributed by atoms with Gasteiger partial charge in [0, 0.05) is 64.7 Å². The van der Waals surface area contributed by atoms with Gasteiger partial charge in [-0.1, -0.05) is 91.0 Å². The van der Waals surface area contributed by atoms with Crippen LogP contribution in [0.3, 0.4) is 0 Å². The average Bonchev–Trinajstić information content (AvgIpc) is 3.62. The fraction of sp³-hybridized carbons (Fsp3) is 0.0455. The lowest BCUT2D eigenvalue weighted by Crippen LogP contribution is -2.02. The Morgan fingerprint density at radius 2 is 1.18 bits per heavy atom. The van der Waals surface area contributed by atoms with E-state index in [2.05, 4.69) is 99.6 Å². The Labute approximate surface area is 295 Å². The SMILES string of the molecule is C1=CC(c2cn(-c3ccncc3)c3ccccc23)CC(c2cccc(-c3cccc(-c4nc(-c5ccccc5)nc(-c5ccncc5)n4)n3)c2)=C1. The minimum atomic E-state index is 0.236. The highest BCUT2D eigenvalue weighted by Crippen LogP contribution is 2.39. The van der Waals surface area contributed by atoms with Crippen molar-refractivity contribution in [3.8, 4) is 51.2 Å². The molecule has 0 saturated heterocycles. The van der Waals surface area contributed by atoms with Crippen LogP contribution in [0.25, 0.3) is 67.7 Å². The molecule has 1 unspecified atom stereocenters. The van der Waals surface area contributed by atoms with Crippen LogP contribution in [0.5, 0.6) is 0 Å². The van der Waals surface area contributed by atoms with Gasteiger partial charge >= 0.3 is 0 Å². The first-order valence-corrected chi connectivity index (χ1v) is 16.9. The van der Waals surface area contributed by atoms with E-state index in [0.717, 1.165) is 34.5 Å². The molecule has 0 saturated carbocycles. The zero-order valence-corrected chi connectivity index (χ0v) is 27.6. The lowest BCUT2D eigenvalue weighted by molar-refractivity contribution is 0.870. The van der Waals surface area contributed by atoms with Crippen molar-refractivity contribution < 1.29 is 0 Å². The summed E-state index contributed by atoms with van der Waals surface area (Å²) in [7, 11) is 0. The molecule has 0 amide bonds. The average molecular weight is 658 g/mol. The molecule has 7 nitrogen and oxygen atoms in total. The Morgan fingerprint density at radius 1 is 0.529 bits per heavy atom. The summed E-state index contributed by atoms with van der Waals surface area (Å²) in [4.78, 5) is 28.0. The third-order valence-corrected chi connectivity index (χ3v) is 9.28. The number of hydrogen-bond acceptors (Lipinski definition) is 6. The zero-order valence-electron chi connectivity index (χ0n) is 27.6. The maximum Gasteiger partial charge on any atom is 0.182 e. The molecule has 1 aliphatic rings. The zero-order chi connectivity index (χ0) is 34.0. The number of pyridine rings is 3. The topological polar surface area (TPSA) is 82.3 Å². The number of nitrogens with zero attached hydrogens (tertiary/aromatic N) is 7. The summed E-state index contributed by atoms with van der Waals surface area (Å²) in [6, 6.07) is 41.2. The largest absolute Gasteiger partial charge is 0.316 e. The number of allylic oxidation sites excluding steroid dienone is 4. The monoisotopic (exact) mass is 657 g/mol. The molecule has 5 aromatic heterocycles. The summed E-state index contributed by atoms with van der Waals surface area (Å²) >= 11 is 0. The molecule has 0 N–H and O–H groups in total. The summed E-state index contributed by atoms with van der Waals surface area (Å²) in [6.45, 7) is 0. The summed E-state index contributed by atoms with van der Waals surface area (Å²) < 4.78 is 2.27. The second kappa shape index (κ2) is 13.2. The highest BCUT2D eigenvalue weighted by molar-refractivity contribution is 5.87. The fourth-order valence-corrected chi connectivity index (χ4v) is 6.76. The lowest BCUT2D eigenvalue weighted by Gasteiger charge is -2.19. The van der Waals surface area contributed by atoms with E-state index in [1.54, 1.807) is 12.4 Å². The normalized spacial score (nSPS) is 14.0. The van der Waals surface area contributed by atoms with E-state index in [1.165, 1.54) is 27.6 Å². The molecule has 0 bridgehead atoms. The Bertz CT molecular complexity index is 2500. The fourth-order valence-electron chi connectivity index (χ4n) is 6.76. The van der Waals surface area contributed by atoms with Crippen LogP contribution in [0.1, 0.15) is 23.5 Å². The summed E-state index contributed by atoms with van der Waals surface area (Å²) in [5.74, 6) is 1.92. The van der Waals surface area contributed by atoms with Crippen LogP contribution in [-0.2, 0) is 0 Å². The van der Waals surface area contributed by atoms with Crippen LogP contribution in [0.15, 0.2) is 171 Å². The van der Waals surface area contributed by atoms with Gasteiger partial charge in [0.25, 0.3) is 0 Å². The van der Waals surface area contributed by atoms with E-state index >= 15 is 0 Å². The van der Waals surface area contributed by atoms with Gasteiger partial charge in [-0.15, -0.1) is 0 Å². The van der Waals surface area contributed by atoms with Crippen LogP contribution in [0.2, 0.25) is 0 Å². The standard InChI is InChI=1S/C44H31N7/c1-2-9-30(10-3-1)42-48-43(31-19-23-45-24-20-31)50-44(49-42)40-17-8-16-39(47-40)35-14-7-12-33(28-35)32-11-6-13-34(27-32)38-29-51(36-21-25-46-26-22-36)41-18-5-4-15-37(38)41/h1-26,28-29,34H,27H2. The lowest BCUT2D eigenvalue weighted by atomic mass is 9.85. The van der Waals surface area contributed by atoms with E-state index < -0.39 is 0 Å². The number of para-hydroxylation sites is 1. The quantitative estimate of drug-likeness (QED) is 0.170. The van der Waals surface area contributed by atoms with Crippen LogP contribution >= 0.6 is 0 Å². The van der Waals surface area contributed by atoms with Crippen molar-refractivity contribution in [2.45, 2.75) is 12.3 Å². The molecule has 5 heterocycles. The smallest absolute Gasteiger partial charge is 0.182 e. The van der Waals surface area contributed by atoms with Crippen LogP contribution < -0.4 is 0 Å². The summed E-state index contributed by atoms with van der Waals surface area (Å²) in [6.07, 6.45) is 17.1. The first-order chi connectivity index (χ1) is 25.3. The van der Waals surface area contributed by atoms with E-state index in [0.29, 0.717) is 23.2 Å². The minimum absolute atomic E-state index is 0.236. The molecule has 0 radical (unpaired) electrons. The van der Waals surface area contributed by atoms with Gasteiger partial charge in [-0.25, -0.2) is 19.9 Å². The van der Waals surface area contributed by atoms with Crippen molar-refractivity contribution in [2.24, 2.45) is 0 Å². The summed E-state index contributed by atoms with van der Waals surface area (Å²) in [5, 5.41) is 1.26. The first kappa shape index (κ1) is 30.2. The van der Waals surface area contributed by atoms with Crippen molar-refractivity contribution in [3.05, 3.63) is 182 Å². The number of benzene rings is 3. The Hall–Kier alpha value is -6.86. The van der Waals surface area contributed by atoms with Crippen LogP contribution in [0, 0.1) is 0 Å². The number of hydrogen-bond donors (Lipinski definition) is 0. The molecule has 242 valence electrons. The van der Waals surface area contributed by atoms with E-state index in [1.807, 2.05) is 73.1 Å². The molecular formula is C44H31N7. The number of fused-ring (bicyclic) bond motifs is 1. The Balaban J connectivity index is 1.04. The van der Waals surface area contributed by atoms with E-state index in [-0.39, 0.29) is 5.92 Å². The van der Waals surface area contributed by atoms with E-state index in [4.69, 9.17) is 19.9 Å². The van der Waals surface area contributed by atoms with Gasteiger partial charge in [0.2, 0.25) is 0 Å². The van der Waals surface area contributed by atoms with Crippen molar-refractivity contribution in [1.29, 1.82) is 0 Å². The van der Waals surface area contributed by atoms with Gasteiger partial charge in [-0.2, -0.15) is 0 Å². The first-order valence-electron chi connectivity index (χ1n) is 16.9. The maximum absolute atomic E-state index is 5.09. The molecule has 0 aliphatic heterocycles. The molecular weight excluding hydrogens is 627 g/mol. The molecule has 0 fully saturated rings. The van der Waals surface area contributed by atoms with E-state index in [9.17, 15) is 0 Å². The van der Waals surface area contributed by atoms with Crippen molar-refractivity contribution >= 4 is 16.5 Å². The number of rotatable bonds is 7. The Kier molecular flexibility index (Phi) is 7.83. The van der Waals surface area contributed by atoms with Crippen molar-refractivity contribution in [1.82, 2.24) is 34.5 Å². The molecule has 3 aromatic carbocycles. The molecule has 51 heavy (non-hydrogen) atoms. The molecule has 7 heteroatoms. The van der Waals surface area contributed by atoms with Gasteiger partial charge in [-0.05, 0) is 71.7 Å². The summed E-state index contributed by atoms with van der Waals surface area (Å²) in [5.41, 5.74) is 10.4. The minimum Gasteiger partial charge on any atom is -0.316 e. The van der Waals surface area contributed by atoms with Gasteiger partial charge in [0.15, 0.2) is 17.5 Å². The highest BCUT2D eigenvalue weighted by atomic mass is 15.0. The van der Waals surface area contributed by atoms with Crippen LogP contribution in [-0.4, -0.2) is 34.5 Å². The molecule has 0 spiro atoms. The van der Waals surface area contributed by atoms with Gasteiger partial charge in [0.1, 0.15) is 5.69 Å². The third kappa shape index (κ3) is 6.02. The molecule has 9 rings (SSSR count). The van der Waals surface area contributed by atoms with Gasteiger partial charge in [0.05, 0.1) is 11.2 Å². The third-order valence-electron chi connectivity index (χ3n) is 9.28. The predicted molar refractivity (Wildman–Crippen MR) is 203 cm³/mol.